The number of aryl methyl sites for hydroxylation is 1. The molecule has 0 aliphatic rings. The van der Waals surface area contributed by atoms with Gasteiger partial charge in [-0.3, -0.25) is 0 Å². The first-order chi connectivity index (χ1) is 8.13. The van der Waals surface area contributed by atoms with Gasteiger partial charge in [-0.25, -0.2) is 4.98 Å². The number of aromatic nitrogens is 1. The number of nitrogens with zero attached hydrogens (tertiary/aromatic N) is 2. The van der Waals surface area contributed by atoms with Crippen molar-refractivity contribution in [2.75, 3.05) is 23.8 Å². The Hall–Kier alpha value is -1.29. The molecule has 0 amide bonds. The topological polar surface area (TPSA) is 62.4 Å². The normalized spacial score (nSPS) is 10.9. The zero-order chi connectivity index (χ0) is 12.8. The van der Waals surface area contributed by atoms with Crippen molar-refractivity contribution in [2.45, 2.75) is 39.7 Å². The molecule has 1 aromatic rings. The Bertz CT molecular complexity index is 351. The smallest absolute Gasteiger partial charge is 0.131 e. The molecule has 4 nitrogen and oxygen atoms in total. The largest absolute Gasteiger partial charge is 0.397 e. The third-order valence-corrected chi connectivity index (χ3v) is 3.07. The van der Waals surface area contributed by atoms with Crippen LogP contribution < -0.4 is 10.6 Å². The minimum absolute atomic E-state index is 0.141. The molecular formula is C13H23N3O. The van der Waals surface area contributed by atoms with Crippen LogP contribution in [0.4, 0.5) is 11.5 Å². The Morgan fingerprint density at radius 1 is 1.41 bits per heavy atom. The van der Waals surface area contributed by atoms with E-state index in [1.54, 1.807) is 6.20 Å². The van der Waals surface area contributed by atoms with Gasteiger partial charge in [0.15, 0.2) is 0 Å². The van der Waals surface area contributed by atoms with Gasteiger partial charge in [0.05, 0.1) is 18.5 Å². The van der Waals surface area contributed by atoms with Gasteiger partial charge in [-0.15, -0.1) is 0 Å². The number of anilines is 2. The summed E-state index contributed by atoms with van der Waals surface area (Å²) in [4.78, 5) is 6.58. The van der Waals surface area contributed by atoms with Crippen molar-refractivity contribution in [3.63, 3.8) is 0 Å². The van der Waals surface area contributed by atoms with E-state index in [2.05, 4.69) is 23.7 Å². The lowest BCUT2D eigenvalue weighted by Gasteiger charge is -2.32. The van der Waals surface area contributed by atoms with E-state index in [1.807, 2.05) is 13.0 Å². The van der Waals surface area contributed by atoms with Gasteiger partial charge in [-0.05, 0) is 31.4 Å². The van der Waals surface area contributed by atoms with Gasteiger partial charge in [0.2, 0.25) is 0 Å². The number of hydrogen-bond donors (Lipinski definition) is 2. The van der Waals surface area contributed by atoms with Crippen LogP contribution in [0.5, 0.6) is 0 Å². The van der Waals surface area contributed by atoms with Gasteiger partial charge in [0, 0.05) is 12.6 Å². The van der Waals surface area contributed by atoms with Crippen LogP contribution in [0.3, 0.4) is 0 Å². The van der Waals surface area contributed by atoms with E-state index < -0.39 is 0 Å². The summed E-state index contributed by atoms with van der Waals surface area (Å²) in [6.45, 7) is 7.08. The molecule has 0 saturated heterocycles. The fourth-order valence-corrected chi connectivity index (χ4v) is 2.19. The molecule has 3 N–H and O–H groups in total. The second kappa shape index (κ2) is 6.45. The van der Waals surface area contributed by atoms with Gasteiger partial charge in [-0.1, -0.05) is 13.8 Å². The second-order valence-corrected chi connectivity index (χ2v) is 4.30. The molecule has 0 unspecified atom stereocenters. The third-order valence-electron chi connectivity index (χ3n) is 3.07. The number of aliphatic hydroxyl groups is 1. The van der Waals surface area contributed by atoms with E-state index in [9.17, 15) is 5.11 Å². The number of rotatable bonds is 6. The van der Waals surface area contributed by atoms with Crippen LogP contribution in [0.25, 0.3) is 0 Å². The van der Waals surface area contributed by atoms with Crippen molar-refractivity contribution in [3.8, 4) is 0 Å². The number of aliphatic hydroxyl groups excluding tert-OH is 1. The predicted octanol–water partition coefficient (Wildman–Crippen LogP) is 1.96. The molecule has 1 rings (SSSR count). The zero-order valence-electron chi connectivity index (χ0n) is 11.0. The van der Waals surface area contributed by atoms with Crippen molar-refractivity contribution >= 4 is 11.5 Å². The van der Waals surface area contributed by atoms with Gasteiger partial charge < -0.3 is 15.7 Å². The van der Waals surface area contributed by atoms with Crippen LogP contribution in [0.2, 0.25) is 0 Å². The lowest BCUT2D eigenvalue weighted by molar-refractivity contribution is 0.295. The molecule has 0 radical (unpaired) electrons. The van der Waals surface area contributed by atoms with Crippen molar-refractivity contribution in [1.82, 2.24) is 4.98 Å². The Morgan fingerprint density at radius 3 is 2.53 bits per heavy atom. The zero-order valence-corrected chi connectivity index (χ0v) is 11.0. The monoisotopic (exact) mass is 237 g/mol. The summed E-state index contributed by atoms with van der Waals surface area (Å²) in [6.07, 6.45) is 3.76. The van der Waals surface area contributed by atoms with Gasteiger partial charge >= 0.3 is 0 Å². The van der Waals surface area contributed by atoms with E-state index in [0.717, 1.165) is 24.2 Å². The fourth-order valence-electron chi connectivity index (χ4n) is 2.19. The molecule has 96 valence electrons. The molecule has 1 heterocycles. The maximum atomic E-state index is 9.19. The highest BCUT2D eigenvalue weighted by Gasteiger charge is 2.18. The summed E-state index contributed by atoms with van der Waals surface area (Å²) in [5, 5.41) is 9.19. The average molecular weight is 237 g/mol. The van der Waals surface area contributed by atoms with Crippen molar-refractivity contribution in [1.29, 1.82) is 0 Å². The molecule has 0 bridgehead atoms. The Labute approximate surface area is 103 Å². The summed E-state index contributed by atoms with van der Waals surface area (Å²) < 4.78 is 0. The van der Waals surface area contributed by atoms with E-state index in [-0.39, 0.29) is 6.61 Å². The van der Waals surface area contributed by atoms with Crippen LogP contribution in [0, 0.1) is 6.92 Å². The number of hydrogen-bond acceptors (Lipinski definition) is 4. The van der Waals surface area contributed by atoms with Gasteiger partial charge in [0.1, 0.15) is 5.82 Å². The highest BCUT2D eigenvalue weighted by atomic mass is 16.3. The Morgan fingerprint density at radius 2 is 2.06 bits per heavy atom. The minimum atomic E-state index is 0.141. The number of nitrogens with two attached hydrogens (primary N) is 1. The molecule has 0 aromatic carbocycles. The van der Waals surface area contributed by atoms with Crippen molar-refractivity contribution < 1.29 is 5.11 Å². The molecule has 0 fully saturated rings. The summed E-state index contributed by atoms with van der Waals surface area (Å²) in [6, 6.07) is 2.34. The second-order valence-electron chi connectivity index (χ2n) is 4.30. The number of pyridine rings is 1. The van der Waals surface area contributed by atoms with E-state index >= 15 is 0 Å². The standard InChI is InChI=1S/C13H23N3O/c1-4-12(5-2)16(6-7-17)13-10(3)8-11(14)9-15-13/h8-9,12,17H,4-7,14H2,1-3H3. The minimum Gasteiger partial charge on any atom is -0.397 e. The SMILES string of the molecule is CCC(CC)N(CCO)c1ncc(N)cc1C. The van der Waals surface area contributed by atoms with Crippen molar-refractivity contribution in [2.24, 2.45) is 0 Å². The van der Waals surface area contributed by atoms with E-state index in [4.69, 9.17) is 5.73 Å². The molecule has 0 saturated carbocycles. The van der Waals surface area contributed by atoms with Crippen molar-refractivity contribution in [3.05, 3.63) is 17.8 Å². The quantitative estimate of drug-likeness (QED) is 0.794. The highest BCUT2D eigenvalue weighted by molar-refractivity contribution is 5.53. The van der Waals surface area contributed by atoms with Crippen LogP contribution in [0.1, 0.15) is 32.3 Å². The summed E-state index contributed by atoms with van der Waals surface area (Å²) in [5.41, 5.74) is 7.45. The molecule has 0 aliphatic carbocycles. The maximum Gasteiger partial charge on any atom is 0.131 e. The first-order valence-electron chi connectivity index (χ1n) is 6.23. The van der Waals surface area contributed by atoms with Gasteiger partial charge in [0.25, 0.3) is 0 Å². The fraction of sp³-hybridized carbons (Fsp3) is 0.615. The summed E-state index contributed by atoms with van der Waals surface area (Å²) in [7, 11) is 0. The molecule has 4 heteroatoms. The molecular weight excluding hydrogens is 214 g/mol. The van der Waals surface area contributed by atoms with Crippen LogP contribution >= 0.6 is 0 Å². The van der Waals surface area contributed by atoms with Crippen LogP contribution in [0.15, 0.2) is 12.3 Å². The third kappa shape index (κ3) is 3.33. The Kier molecular flexibility index (Phi) is 5.22. The van der Waals surface area contributed by atoms with Crippen LogP contribution in [-0.4, -0.2) is 29.3 Å². The van der Waals surface area contributed by atoms with Crippen LogP contribution in [-0.2, 0) is 0 Å². The van der Waals surface area contributed by atoms with E-state index in [0.29, 0.717) is 18.3 Å². The van der Waals surface area contributed by atoms with Gasteiger partial charge in [-0.2, -0.15) is 0 Å². The summed E-state index contributed by atoms with van der Waals surface area (Å²) in [5.74, 6) is 0.932. The first-order valence-corrected chi connectivity index (χ1v) is 6.23. The lowest BCUT2D eigenvalue weighted by Crippen LogP contribution is -2.37. The molecule has 0 aliphatic heterocycles. The summed E-state index contributed by atoms with van der Waals surface area (Å²) >= 11 is 0. The predicted molar refractivity (Wildman–Crippen MR) is 72.2 cm³/mol. The number of nitrogen functional groups attached to an aromatic ring is 1. The maximum absolute atomic E-state index is 9.19. The lowest BCUT2D eigenvalue weighted by atomic mass is 10.1. The Balaban J connectivity index is 3.03. The first kappa shape index (κ1) is 13.8. The molecule has 17 heavy (non-hydrogen) atoms. The molecule has 0 spiro atoms. The molecule has 0 atom stereocenters. The van der Waals surface area contributed by atoms with E-state index in [1.165, 1.54) is 0 Å². The average Bonchev–Trinajstić information content (AvgIpc) is 2.30. The highest BCUT2D eigenvalue weighted by Crippen LogP contribution is 2.23. The molecule has 1 aromatic heterocycles.